The lowest BCUT2D eigenvalue weighted by Crippen LogP contribution is -2.27. The van der Waals surface area contributed by atoms with Gasteiger partial charge in [-0.2, -0.15) is 0 Å². The zero-order valence-corrected chi connectivity index (χ0v) is 11.1. The Kier molecular flexibility index (Phi) is 5.78. The minimum absolute atomic E-state index is 0.522. The van der Waals surface area contributed by atoms with Crippen LogP contribution in [-0.4, -0.2) is 19.7 Å². The summed E-state index contributed by atoms with van der Waals surface area (Å²) in [5.74, 6) is 0.919. The molecule has 2 heteroatoms. The highest BCUT2D eigenvalue weighted by Crippen LogP contribution is 2.13. The van der Waals surface area contributed by atoms with Gasteiger partial charge in [0.05, 0.1) is 7.11 Å². The molecule has 1 N–H and O–H groups in total. The summed E-state index contributed by atoms with van der Waals surface area (Å²) in [5.41, 5.74) is 2.54. The summed E-state index contributed by atoms with van der Waals surface area (Å²) >= 11 is 0. The van der Waals surface area contributed by atoms with E-state index in [9.17, 15) is 0 Å². The van der Waals surface area contributed by atoms with Crippen LogP contribution in [0.15, 0.2) is 36.4 Å². The first kappa shape index (κ1) is 13.8. The minimum atomic E-state index is 0.522. The van der Waals surface area contributed by atoms with Crippen molar-refractivity contribution in [3.8, 4) is 5.75 Å². The molecule has 0 aliphatic heterocycles. The molecular weight excluding hydrogens is 210 g/mol. The van der Waals surface area contributed by atoms with Crippen LogP contribution in [-0.2, 0) is 6.42 Å². The highest BCUT2D eigenvalue weighted by molar-refractivity contribution is 5.27. The first-order chi connectivity index (χ1) is 8.11. The number of nitrogens with one attached hydrogen (secondary N) is 1. The normalized spacial score (nSPS) is 12.2. The van der Waals surface area contributed by atoms with Crippen LogP contribution in [0.1, 0.15) is 25.8 Å². The Morgan fingerprint density at radius 3 is 2.53 bits per heavy atom. The molecule has 2 nitrogen and oxygen atoms in total. The quantitative estimate of drug-likeness (QED) is 0.730. The maximum atomic E-state index is 5.14. The topological polar surface area (TPSA) is 21.3 Å². The average Bonchev–Trinajstić information content (AvgIpc) is 2.34. The Bertz CT molecular complexity index is 342. The van der Waals surface area contributed by atoms with Crippen molar-refractivity contribution in [1.82, 2.24) is 5.32 Å². The van der Waals surface area contributed by atoms with Gasteiger partial charge in [-0.25, -0.2) is 0 Å². The van der Waals surface area contributed by atoms with E-state index in [1.807, 2.05) is 19.1 Å². The number of methoxy groups -OCH3 is 1. The van der Waals surface area contributed by atoms with Crippen molar-refractivity contribution in [2.75, 3.05) is 13.7 Å². The predicted octanol–water partition coefficient (Wildman–Crippen LogP) is 3.18. The van der Waals surface area contributed by atoms with Gasteiger partial charge in [0.2, 0.25) is 0 Å². The lowest BCUT2D eigenvalue weighted by molar-refractivity contribution is 0.414. The third kappa shape index (κ3) is 5.55. The Hall–Kier alpha value is -1.28. The minimum Gasteiger partial charge on any atom is -0.497 e. The van der Waals surface area contributed by atoms with E-state index in [0.717, 1.165) is 25.1 Å². The van der Waals surface area contributed by atoms with Crippen molar-refractivity contribution in [2.45, 2.75) is 32.7 Å². The van der Waals surface area contributed by atoms with Gasteiger partial charge in [0.1, 0.15) is 5.75 Å². The van der Waals surface area contributed by atoms with Crippen LogP contribution in [0.25, 0.3) is 0 Å². The van der Waals surface area contributed by atoms with E-state index in [0.29, 0.717) is 6.04 Å². The van der Waals surface area contributed by atoms with Crippen molar-refractivity contribution in [3.05, 3.63) is 42.0 Å². The average molecular weight is 233 g/mol. The summed E-state index contributed by atoms with van der Waals surface area (Å²) in [7, 11) is 1.69. The molecular formula is C15H23NO. The maximum Gasteiger partial charge on any atom is 0.118 e. The van der Waals surface area contributed by atoms with Crippen LogP contribution < -0.4 is 10.1 Å². The molecule has 1 aromatic carbocycles. The van der Waals surface area contributed by atoms with Crippen molar-refractivity contribution in [3.63, 3.8) is 0 Å². The predicted molar refractivity (Wildman–Crippen MR) is 73.6 cm³/mol. The molecule has 1 unspecified atom stereocenters. The maximum absolute atomic E-state index is 5.14. The molecule has 0 saturated heterocycles. The number of rotatable bonds is 7. The first-order valence-corrected chi connectivity index (χ1v) is 6.12. The van der Waals surface area contributed by atoms with Gasteiger partial charge < -0.3 is 10.1 Å². The van der Waals surface area contributed by atoms with Gasteiger partial charge in [-0.1, -0.05) is 24.3 Å². The van der Waals surface area contributed by atoms with Gasteiger partial charge in [-0.05, 0) is 44.4 Å². The zero-order valence-electron chi connectivity index (χ0n) is 11.1. The summed E-state index contributed by atoms with van der Waals surface area (Å²) in [6.07, 6.45) is 2.23. The van der Waals surface area contributed by atoms with Crippen LogP contribution in [0, 0.1) is 0 Å². The van der Waals surface area contributed by atoms with Gasteiger partial charge in [0, 0.05) is 12.6 Å². The van der Waals surface area contributed by atoms with Crippen molar-refractivity contribution in [1.29, 1.82) is 0 Å². The molecule has 1 aromatic rings. The van der Waals surface area contributed by atoms with E-state index in [-0.39, 0.29) is 0 Å². The van der Waals surface area contributed by atoms with Gasteiger partial charge in [0.15, 0.2) is 0 Å². The zero-order chi connectivity index (χ0) is 12.7. The third-order valence-corrected chi connectivity index (χ3v) is 2.78. The van der Waals surface area contributed by atoms with Crippen LogP contribution >= 0.6 is 0 Å². The Balaban J connectivity index is 2.31. The molecule has 0 fully saturated rings. The summed E-state index contributed by atoms with van der Waals surface area (Å²) in [6.45, 7) is 9.05. The van der Waals surface area contributed by atoms with Crippen molar-refractivity contribution < 1.29 is 4.74 Å². The number of aryl methyl sites for hydroxylation is 1. The number of ether oxygens (including phenoxy) is 1. The molecule has 1 atom stereocenters. The third-order valence-electron chi connectivity index (χ3n) is 2.78. The van der Waals surface area contributed by atoms with Gasteiger partial charge in [-0.15, -0.1) is 0 Å². The fourth-order valence-corrected chi connectivity index (χ4v) is 1.63. The smallest absolute Gasteiger partial charge is 0.118 e. The summed E-state index contributed by atoms with van der Waals surface area (Å²) in [4.78, 5) is 0. The van der Waals surface area contributed by atoms with E-state index >= 15 is 0 Å². The van der Waals surface area contributed by atoms with E-state index in [1.54, 1.807) is 7.11 Å². The fourth-order valence-electron chi connectivity index (χ4n) is 1.63. The lowest BCUT2D eigenvalue weighted by Gasteiger charge is -2.13. The molecule has 0 aliphatic rings. The monoisotopic (exact) mass is 233 g/mol. The lowest BCUT2D eigenvalue weighted by atomic mass is 10.1. The van der Waals surface area contributed by atoms with Gasteiger partial charge in [-0.3, -0.25) is 0 Å². The molecule has 94 valence electrons. The summed E-state index contributed by atoms with van der Waals surface area (Å²) in [6, 6.07) is 8.81. The first-order valence-electron chi connectivity index (χ1n) is 6.12. The number of hydrogen-bond donors (Lipinski definition) is 1. The van der Waals surface area contributed by atoms with E-state index in [4.69, 9.17) is 4.74 Å². The summed E-state index contributed by atoms with van der Waals surface area (Å²) < 4.78 is 5.14. The van der Waals surface area contributed by atoms with Gasteiger partial charge in [0.25, 0.3) is 0 Å². The van der Waals surface area contributed by atoms with Crippen LogP contribution in [0.3, 0.4) is 0 Å². The summed E-state index contributed by atoms with van der Waals surface area (Å²) in [5, 5.41) is 3.45. The molecule has 0 spiro atoms. The molecule has 0 heterocycles. The standard InChI is InChI=1S/C15H23NO/c1-12(2)11-16-13(3)5-6-14-7-9-15(17-4)10-8-14/h7-10,13,16H,1,5-6,11H2,2-4H3. The number of hydrogen-bond acceptors (Lipinski definition) is 2. The second kappa shape index (κ2) is 7.13. The number of benzene rings is 1. The Labute approximate surface area is 105 Å². The molecule has 17 heavy (non-hydrogen) atoms. The molecule has 1 rings (SSSR count). The molecule has 0 aliphatic carbocycles. The van der Waals surface area contributed by atoms with Crippen molar-refractivity contribution >= 4 is 0 Å². The SMILES string of the molecule is C=C(C)CNC(C)CCc1ccc(OC)cc1. The second-order valence-electron chi connectivity index (χ2n) is 4.63. The second-order valence-corrected chi connectivity index (χ2v) is 4.63. The Morgan fingerprint density at radius 1 is 1.35 bits per heavy atom. The van der Waals surface area contributed by atoms with Crippen LogP contribution in [0.5, 0.6) is 5.75 Å². The molecule has 0 aromatic heterocycles. The largest absolute Gasteiger partial charge is 0.497 e. The van der Waals surface area contributed by atoms with Crippen molar-refractivity contribution in [2.24, 2.45) is 0 Å². The highest BCUT2D eigenvalue weighted by atomic mass is 16.5. The van der Waals surface area contributed by atoms with E-state index in [2.05, 4.69) is 31.0 Å². The fraction of sp³-hybridized carbons (Fsp3) is 0.467. The van der Waals surface area contributed by atoms with E-state index in [1.165, 1.54) is 11.1 Å². The highest BCUT2D eigenvalue weighted by Gasteiger charge is 2.02. The van der Waals surface area contributed by atoms with Gasteiger partial charge >= 0.3 is 0 Å². The molecule has 0 radical (unpaired) electrons. The van der Waals surface area contributed by atoms with Crippen LogP contribution in [0.4, 0.5) is 0 Å². The van der Waals surface area contributed by atoms with Crippen LogP contribution in [0.2, 0.25) is 0 Å². The van der Waals surface area contributed by atoms with E-state index < -0.39 is 0 Å². The Morgan fingerprint density at radius 2 is 2.00 bits per heavy atom. The molecule has 0 amide bonds. The molecule has 0 saturated carbocycles. The molecule has 0 bridgehead atoms.